The molecule has 0 unspecified atom stereocenters. The highest BCUT2D eigenvalue weighted by Gasteiger charge is 2.09. The van der Waals surface area contributed by atoms with Crippen LogP contribution in [0.25, 0.3) is 0 Å². The molecule has 0 atom stereocenters. The monoisotopic (exact) mass is 366 g/mol. The molecule has 0 fully saturated rings. The summed E-state index contributed by atoms with van der Waals surface area (Å²) in [5, 5.41) is 7.50. The number of carbonyl (C=O) groups excluding carboxylic acids is 2. The molecule has 0 aliphatic heterocycles. The Morgan fingerprint density at radius 3 is 2.23 bits per heavy atom. The van der Waals surface area contributed by atoms with E-state index in [4.69, 9.17) is 4.74 Å². The van der Waals surface area contributed by atoms with Gasteiger partial charge in [-0.05, 0) is 60.8 Å². The van der Waals surface area contributed by atoms with Crippen LogP contribution < -0.4 is 15.4 Å². The first kappa shape index (κ1) is 17.7. The quantitative estimate of drug-likeness (QED) is 0.667. The molecule has 0 saturated carbocycles. The minimum absolute atomic E-state index is 0.171. The van der Waals surface area contributed by atoms with Gasteiger partial charge in [-0.25, -0.2) is 0 Å². The summed E-state index contributed by atoms with van der Waals surface area (Å²) in [4.78, 5) is 25.1. The second kappa shape index (κ2) is 8.31. The first-order valence-corrected chi connectivity index (χ1v) is 9.03. The van der Waals surface area contributed by atoms with Gasteiger partial charge in [-0.2, -0.15) is 0 Å². The molecule has 0 radical (unpaired) electrons. The van der Waals surface area contributed by atoms with Crippen molar-refractivity contribution in [3.05, 3.63) is 76.5 Å². The number of ether oxygens (including phenoxy) is 1. The molecule has 0 bridgehead atoms. The smallest absolute Gasteiger partial charge is 0.265 e. The van der Waals surface area contributed by atoms with Gasteiger partial charge in [-0.1, -0.05) is 12.1 Å². The standard InChI is InChI=1S/C20H18N2O3S/c1-2-25-17-10-8-14(9-11-17)19(23)21-15-5-3-6-16(13-15)22-20(24)18-7-4-12-26-18/h3-13H,2H2,1H3,(H,21,23)(H,22,24). The Balaban J connectivity index is 1.66. The summed E-state index contributed by atoms with van der Waals surface area (Å²) >= 11 is 1.37. The molecule has 2 N–H and O–H groups in total. The van der Waals surface area contributed by atoms with Crippen molar-refractivity contribution in [2.24, 2.45) is 0 Å². The van der Waals surface area contributed by atoms with Crippen LogP contribution in [0, 0.1) is 0 Å². The van der Waals surface area contributed by atoms with Gasteiger partial charge in [0.05, 0.1) is 11.5 Å². The van der Waals surface area contributed by atoms with E-state index in [0.29, 0.717) is 28.4 Å². The Labute approximate surface area is 155 Å². The molecule has 26 heavy (non-hydrogen) atoms. The van der Waals surface area contributed by atoms with Crippen LogP contribution in [0.2, 0.25) is 0 Å². The lowest BCUT2D eigenvalue weighted by molar-refractivity contribution is 0.102. The van der Waals surface area contributed by atoms with Crippen molar-refractivity contribution in [3.63, 3.8) is 0 Å². The van der Waals surface area contributed by atoms with Crippen LogP contribution in [0.1, 0.15) is 27.0 Å². The molecule has 0 aliphatic carbocycles. The first-order chi connectivity index (χ1) is 12.7. The van der Waals surface area contributed by atoms with E-state index in [9.17, 15) is 9.59 Å². The van der Waals surface area contributed by atoms with Gasteiger partial charge in [0.25, 0.3) is 11.8 Å². The van der Waals surface area contributed by atoms with Gasteiger partial charge in [0.2, 0.25) is 0 Å². The highest BCUT2D eigenvalue weighted by Crippen LogP contribution is 2.19. The summed E-state index contributed by atoms with van der Waals surface area (Å²) in [6.45, 7) is 2.49. The summed E-state index contributed by atoms with van der Waals surface area (Å²) in [7, 11) is 0. The minimum Gasteiger partial charge on any atom is -0.494 e. The molecule has 0 aliphatic rings. The zero-order chi connectivity index (χ0) is 18.4. The van der Waals surface area contributed by atoms with Crippen LogP contribution in [0.4, 0.5) is 11.4 Å². The highest BCUT2D eigenvalue weighted by atomic mass is 32.1. The van der Waals surface area contributed by atoms with Crippen molar-refractivity contribution >= 4 is 34.5 Å². The zero-order valence-corrected chi connectivity index (χ0v) is 15.0. The maximum absolute atomic E-state index is 12.4. The molecular weight excluding hydrogens is 348 g/mol. The van der Waals surface area contributed by atoms with Crippen molar-refractivity contribution in [2.45, 2.75) is 6.92 Å². The fraction of sp³-hybridized carbons (Fsp3) is 0.100. The number of rotatable bonds is 6. The number of anilines is 2. The van der Waals surface area contributed by atoms with Crippen LogP contribution in [0.3, 0.4) is 0 Å². The van der Waals surface area contributed by atoms with Crippen molar-refractivity contribution in [3.8, 4) is 5.75 Å². The number of thiophene rings is 1. The lowest BCUT2D eigenvalue weighted by Crippen LogP contribution is -2.13. The number of benzene rings is 2. The van der Waals surface area contributed by atoms with Gasteiger partial charge < -0.3 is 15.4 Å². The molecule has 3 rings (SSSR count). The van der Waals surface area contributed by atoms with Crippen LogP contribution in [-0.4, -0.2) is 18.4 Å². The molecule has 1 heterocycles. The molecule has 0 spiro atoms. The predicted molar refractivity (Wildman–Crippen MR) is 104 cm³/mol. The maximum atomic E-state index is 12.4. The Hall–Kier alpha value is -3.12. The molecule has 0 saturated heterocycles. The van der Waals surface area contributed by atoms with Crippen LogP contribution >= 0.6 is 11.3 Å². The fourth-order valence-electron chi connectivity index (χ4n) is 2.35. The van der Waals surface area contributed by atoms with E-state index in [2.05, 4.69) is 10.6 Å². The minimum atomic E-state index is -0.227. The Kier molecular flexibility index (Phi) is 5.66. The molecule has 5 nitrogen and oxygen atoms in total. The summed E-state index contributed by atoms with van der Waals surface area (Å²) in [5.41, 5.74) is 1.75. The molecule has 2 aromatic carbocycles. The Bertz CT molecular complexity index is 890. The first-order valence-electron chi connectivity index (χ1n) is 8.15. The van der Waals surface area contributed by atoms with Crippen molar-refractivity contribution in [1.29, 1.82) is 0 Å². The Morgan fingerprint density at radius 2 is 1.62 bits per heavy atom. The van der Waals surface area contributed by atoms with Crippen LogP contribution in [-0.2, 0) is 0 Å². The summed E-state index contributed by atoms with van der Waals surface area (Å²) in [6, 6.07) is 17.6. The second-order valence-electron chi connectivity index (χ2n) is 5.42. The van der Waals surface area contributed by atoms with E-state index in [1.807, 2.05) is 18.4 Å². The van der Waals surface area contributed by atoms with E-state index in [1.54, 1.807) is 54.6 Å². The summed E-state index contributed by atoms with van der Waals surface area (Å²) in [5.74, 6) is 0.326. The van der Waals surface area contributed by atoms with Crippen molar-refractivity contribution in [2.75, 3.05) is 17.2 Å². The van der Waals surface area contributed by atoms with Gasteiger partial charge in [-0.3, -0.25) is 9.59 Å². The van der Waals surface area contributed by atoms with Crippen molar-refractivity contribution < 1.29 is 14.3 Å². The van der Waals surface area contributed by atoms with E-state index >= 15 is 0 Å². The fourth-order valence-corrected chi connectivity index (χ4v) is 2.97. The summed E-state index contributed by atoms with van der Waals surface area (Å²) in [6.07, 6.45) is 0. The van der Waals surface area contributed by atoms with E-state index in [0.717, 1.165) is 5.75 Å². The van der Waals surface area contributed by atoms with Gasteiger partial charge in [0, 0.05) is 16.9 Å². The number of hydrogen-bond donors (Lipinski definition) is 2. The molecule has 3 aromatic rings. The second-order valence-corrected chi connectivity index (χ2v) is 6.37. The largest absolute Gasteiger partial charge is 0.494 e. The van der Waals surface area contributed by atoms with Gasteiger partial charge in [0.15, 0.2) is 0 Å². The molecule has 1 aromatic heterocycles. The maximum Gasteiger partial charge on any atom is 0.265 e. The van der Waals surface area contributed by atoms with E-state index < -0.39 is 0 Å². The SMILES string of the molecule is CCOc1ccc(C(=O)Nc2cccc(NC(=O)c3cccs3)c2)cc1. The lowest BCUT2D eigenvalue weighted by Gasteiger charge is -2.09. The molecular formula is C20H18N2O3S. The normalized spacial score (nSPS) is 10.2. The van der Waals surface area contributed by atoms with Gasteiger partial charge in [0.1, 0.15) is 5.75 Å². The van der Waals surface area contributed by atoms with Gasteiger partial charge in [-0.15, -0.1) is 11.3 Å². The Morgan fingerprint density at radius 1 is 0.923 bits per heavy atom. The van der Waals surface area contributed by atoms with Crippen LogP contribution in [0.15, 0.2) is 66.0 Å². The van der Waals surface area contributed by atoms with Crippen LogP contribution in [0.5, 0.6) is 5.75 Å². The van der Waals surface area contributed by atoms with E-state index in [1.165, 1.54) is 11.3 Å². The number of hydrogen-bond acceptors (Lipinski definition) is 4. The van der Waals surface area contributed by atoms with Crippen molar-refractivity contribution in [1.82, 2.24) is 0 Å². The van der Waals surface area contributed by atoms with Gasteiger partial charge >= 0.3 is 0 Å². The number of amides is 2. The third-order valence-electron chi connectivity index (χ3n) is 3.55. The number of carbonyl (C=O) groups is 2. The summed E-state index contributed by atoms with van der Waals surface area (Å²) < 4.78 is 5.37. The lowest BCUT2D eigenvalue weighted by atomic mass is 10.2. The third kappa shape index (κ3) is 4.49. The predicted octanol–water partition coefficient (Wildman–Crippen LogP) is 4.65. The third-order valence-corrected chi connectivity index (χ3v) is 4.42. The molecule has 132 valence electrons. The average molecular weight is 366 g/mol. The molecule has 2 amide bonds. The highest BCUT2D eigenvalue weighted by molar-refractivity contribution is 7.12. The topological polar surface area (TPSA) is 67.4 Å². The number of nitrogens with one attached hydrogen (secondary N) is 2. The van der Waals surface area contributed by atoms with E-state index in [-0.39, 0.29) is 11.8 Å². The average Bonchev–Trinajstić information content (AvgIpc) is 3.18. The molecule has 6 heteroatoms. The zero-order valence-electron chi connectivity index (χ0n) is 14.2.